The van der Waals surface area contributed by atoms with Crippen molar-refractivity contribution in [2.75, 3.05) is 0 Å². The van der Waals surface area contributed by atoms with E-state index in [4.69, 9.17) is 5.84 Å². The van der Waals surface area contributed by atoms with Crippen LogP contribution in [0.4, 0.5) is 4.39 Å². The number of phenolic OH excluding ortho intramolecular Hbond substituents is 1. The fraction of sp³-hybridized carbons (Fsp3) is 0.125. The molecule has 1 aromatic rings. The van der Waals surface area contributed by atoms with Crippen LogP contribution in [0.3, 0.4) is 0 Å². The van der Waals surface area contributed by atoms with E-state index in [1.807, 2.05) is 0 Å². The topological polar surface area (TPSA) is 58.6 Å². The summed E-state index contributed by atoms with van der Waals surface area (Å²) < 4.78 is 13.1. The Balaban J connectivity index is 3.32. The van der Waals surface area contributed by atoms with Gasteiger partial charge in [-0.15, -0.1) is 0 Å². The van der Waals surface area contributed by atoms with Crippen LogP contribution in [0.2, 0.25) is 0 Å². The Morgan fingerprint density at radius 3 is 2.77 bits per heavy atom. The van der Waals surface area contributed by atoms with E-state index in [0.29, 0.717) is 11.3 Å². The highest BCUT2D eigenvalue weighted by Gasteiger charge is 2.09. The molecular formula is C8H8BrFN2O. The third-order valence-corrected chi connectivity index (χ3v) is 2.23. The molecule has 0 saturated carbocycles. The maximum Gasteiger partial charge on any atom is 0.141 e. The molecule has 3 N–H and O–H groups in total. The van der Waals surface area contributed by atoms with Crippen LogP contribution in [0, 0.1) is 5.82 Å². The van der Waals surface area contributed by atoms with Crippen molar-refractivity contribution in [3.63, 3.8) is 0 Å². The summed E-state index contributed by atoms with van der Waals surface area (Å²) in [5, 5.41) is 12.7. The SMILES string of the molecule is C/C(=N/N)c1cc(Br)c(F)cc1O. The number of nitrogens with zero attached hydrogens (tertiary/aromatic N) is 1. The lowest BCUT2D eigenvalue weighted by Crippen LogP contribution is -1.99. The number of nitrogens with two attached hydrogens (primary N) is 1. The molecule has 0 aliphatic rings. The second-order valence-electron chi connectivity index (χ2n) is 2.50. The Kier molecular flexibility index (Phi) is 2.87. The first kappa shape index (κ1) is 9.98. The molecule has 0 radical (unpaired) electrons. The predicted octanol–water partition coefficient (Wildman–Crippen LogP) is 1.98. The lowest BCUT2D eigenvalue weighted by atomic mass is 10.1. The summed E-state index contributed by atoms with van der Waals surface area (Å²) in [6.07, 6.45) is 0. The Labute approximate surface area is 83.2 Å². The largest absolute Gasteiger partial charge is 0.507 e. The maximum absolute atomic E-state index is 12.8. The number of hydrogen-bond donors (Lipinski definition) is 2. The van der Waals surface area contributed by atoms with Crippen molar-refractivity contribution in [1.29, 1.82) is 0 Å². The third-order valence-electron chi connectivity index (χ3n) is 1.62. The zero-order chi connectivity index (χ0) is 10.0. The van der Waals surface area contributed by atoms with Crippen LogP contribution in [-0.4, -0.2) is 10.8 Å². The van der Waals surface area contributed by atoms with Gasteiger partial charge in [0.05, 0.1) is 10.2 Å². The number of aromatic hydroxyl groups is 1. The average molecular weight is 247 g/mol. The molecular weight excluding hydrogens is 239 g/mol. The van der Waals surface area contributed by atoms with Crippen LogP contribution < -0.4 is 5.84 Å². The van der Waals surface area contributed by atoms with Gasteiger partial charge in [-0.3, -0.25) is 0 Å². The van der Waals surface area contributed by atoms with E-state index >= 15 is 0 Å². The quantitative estimate of drug-likeness (QED) is 0.453. The van der Waals surface area contributed by atoms with Gasteiger partial charge in [-0.2, -0.15) is 5.10 Å². The highest BCUT2D eigenvalue weighted by atomic mass is 79.9. The van der Waals surface area contributed by atoms with Crippen LogP contribution in [0.15, 0.2) is 21.7 Å². The van der Waals surface area contributed by atoms with Gasteiger partial charge in [0.25, 0.3) is 0 Å². The molecule has 13 heavy (non-hydrogen) atoms. The van der Waals surface area contributed by atoms with Gasteiger partial charge in [0.1, 0.15) is 11.6 Å². The maximum atomic E-state index is 12.8. The molecule has 0 aliphatic carbocycles. The normalized spacial score (nSPS) is 11.8. The van der Waals surface area contributed by atoms with Crippen LogP contribution in [0.1, 0.15) is 12.5 Å². The van der Waals surface area contributed by atoms with Crippen molar-refractivity contribution >= 4 is 21.6 Å². The van der Waals surface area contributed by atoms with E-state index in [0.717, 1.165) is 6.07 Å². The van der Waals surface area contributed by atoms with Crippen LogP contribution in [0.5, 0.6) is 5.75 Å². The van der Waals surface area contributed by atoms with E-state index in [1.54, 1.807) is 6.92 Å². The molecule has 3 nitrogen and oxygen atoms in total. The monoisotopic (exact) mass is 246 g/mol. The Morgan fingerprint density at radius 2 is 2.23 bits per heavy atom. The van der Waals surface area contributed by atoms with E-state index < -0.39 is 5.82 Å². The van der Waals surface area contributed by atoms with Crippen LogP contribution in [0.25, 0.3) is 0 Å². The van der Waals surface area contributed by atoms with Crippen molar-refractivity contribution in [1.82, 2.24) is 0 Å². The minimum atomic E-state index is -0.522. The Hall–Kier alpha value is -1.10. The smallest absolute Gasteiger partial charge is 0.141 e. The summed E-state index contributed by atoms with van der Waals surface area (Å²) in [7, 11) is 0. The first-order valence-corrected chi connectivity index (χ1v) is 4.28. The second kappa shape index (κ2) is 3.74. The van der Waals surface area contributed by atoms with Crippen molar-refractivity contribution in [2.45, 2.75) is 6.92 Å². The van der Waals surface area contributed by atoms with Crippen molar-refractivity contribution in [3.05, 3.63) is 28.0 Å². The number of hydrogen-bond acceptors (Lipinski definition) is 3. The number of benzene rings is 1. The molecule has 0 heterocycles. The number of halogens is 2. The van der Waals surface area contributed by atoms with Gasteiger partial charge in [0, 0.05) is 11.6 Å². The van der Waals surface area contributed by atoms with Gasteiger partial charge in [-0.25, -0.2) is 4.39 Å². The molecule has 0 aliphatic heterocycles. The Bertz CT molecular complexity index is 365. The van der Waals surface area contributed by atoms with Gasteiger partial charge < -0.3 is 10.9 Å². The van der Waals surface area contributed by atoms with Gasteiger partial charge >= 0.3 is 0 Å². The molecule has 70 valence electrons. The molecule has 0 spiro atoms. The third kappa shape index (κ3) is 1.98. The fourth-order valence-electron chi connectivity index (χ4n) is 0.896. The summed E-state index contributed by atoms with van der Waals surface area (Å²) >= 11 is 3.00. The van der Waals surface area contributed by atoms with Crippen molar-refractivity contribution in [3.8, 4) is 5.75 Å². The van der Waals surface area contributed by atoms with Crippen LogP contribution in [-0.2, 0) is 0 Å². The average Bonchev–Trinajstić information content (AvgIpc) is 2.10. The molecule has 0 unspecified atom stereocenters. The number of hydrazone groups is 1. The number of phenols is 1. The van der Waals surface area contributed by atoms with E-state index in [9.17, 15) is 9.50 Å². The lowest BCUT2D eigenvalue weighted by Gasteiger charge is -2.04. The van der Waals surface area contributed by atoms with E-state index in [-0.39, 0.29) is 10.2 Å². The van der Waals surface area contributed by atoms with Gasteiger partial charge in [0.15, 0.2) is 0 Å². The highest BCUT2D eigenvalue weighted by Crippen LogP contribution is 2.25. The van der Waals surface area contributed by atoms with Crippen molar-refractivity contribution < 1.29 is 9.50 Å². The summed E-state index contributed by atoms with van der Waals surface area (Å²) in [6.45, 7) is 1.62. The Morgan fingerprint density at radius 1 is 1.62 bits per heavy atom. The minimum Gasteiger partial charge on any atom is -0.507 e. The molecule has 0 fully saturated rings. The molecule has 5 heteroatoms. The minimum absolute atomic E-state index is 0.174. The van der Waals surface area contributed by atoms with Crippen molar-refractivity contribution in [2.24, 2.45) is 10.9 Å². The predicted molar refractivity (Wildman–Crippen MR) is 52.2 cm³/mol. The molecule has 1 rings (SSSR count). The molecule has 0 saturated heterocycles. The standard InChI is InChI=1S/C8H8BrFN2O/c1-4(12-11)5-2-6(9)7(10)3-8(5)13/h2-3,13H,11H2,1H3/b12-4-. The first-order chi connectivity index (χ1) is 6.06. The van der Waals surface area contributed by atoms with E-state index in [2.05, 4.69) is 21.0 Å². The second-order valence-corrected chi connectivity index (χ2v) is 3.35. The molecule has 0 atom stereocenters. The molecule has 1 aromatic carbocycles. The summed E-state index contributed by atoms with van der Waals surface area (Å²) in [4.78, 5) is 0. The van der Waals surface area contributed by atoms with Crippen LogP contribution >= 0.6 is 15.9 Å². The van der Waals surface area contributed by atoms with Gasteiger partial charge in [-0.05, 0) is 28.9 Å². The first-order valence-electron chi connectivity index (χ1n) is 3.49. The molecule has 0 amide bonds. The fourth-order valence-corrected chi connectivity index (χ4v) is 1.24. The van der Waals surface area contributed by atoms with E-state index in [1.165, 1.54) is 6.07 Å². The molecule has 0 aromatic heterocycles. The summed E-state index contributed by atoms with van der Waals surface area (Å²) in [5.41, 5.74) is 0.856. The lowest BCUT2D eigenvalue weighted by molar-refractivity contribution is 0.467. The zero-order valence-corrected chi connectivity index (χ0v) is 8.47. The van der Waals surface area contributed by atoms with Gasteiger partial charge in [-0.1, -0.05) is 0 Å². The number of rotatable bonds is 1. The highest BCUT2D eigenvalue weighted by molar-refractivity contribution is 9.10. The summed E-state index contributed by atoms with van der Waals surface area (Å²) in [5.74, 6) is 4.33. The molecule has 0 bridgehead atoms. The summed E-state index contributed by atoms with van der Waals surface area (Å²) in [6, 6.07) is 2.43. The zero-order valence-electron chi connectivity index (χ0n) is 6.88. The van der Waals surface area contributed by atoms with Gasteiger partial charge in [0.2, 0.25) is 0 Å².